The first-order chi connectivity index (χ1) is 11.8. The fourth-order valence-corrected chi connectivity index (χ4v) is 3.07. The summed E-state index contributed by atoms with van der Waals surface area (Å²) in [6.45, 7) is 1.51. The maximum Gasteiger partial charge on any atom is 0.273 e. The predicted molar refractivity (Wildman–Crippen MR) is 84.6 cm³/mol. The summed E-state index contributed by atoms with van der Waals surface area (Å²) in [5, 5.41) is 30.6. The first kappa shape index (κ1) is 17.7. The SMILES string of the molecule is CCOc1nc(N)nc2c1ncn2[C@@H]1[OH+][C@@](CO)(CF)[C@@H](O)[C@@]1(C)O. The molecule has 2 aromatic heterocycles. The van der Waals surface area contributed by atoms with Gasteiger partial charge in [-0.15, -0.1) is 0 Å². The number of hydrogen-bond acceptors (Lipinski definition) is 8. The van der Waals surface area contributed by atoms with Crippen molar-refractivity contribution in [2.24, 2.45) is 0 Å². The third-order valence-corrected chi connectivity index (χ3v) is 4.42. The lowest BCUT2D eigenvalue weighted by atomic mass is 9.88. The minimum absolute atomic E-state index is 0.0743. The minimum Gasteiger partial charge on any atom is -0.476 e. The lowest BCUT2D eigenvalue weighted by Crippen LogP contribution is -2.53. The highest BCUT2D eigenvalue weighted by molar-refractivity contribution is 5.77. The summed E-state index contributed by atoms with van der Waals surface area (Å²) >= 11 is 0. The number of nitrogen functional groups attached to an aromatic ring is 1. The van der Waals surface area contributed by atoms with Crippen molar-refractivity contribution >= 4 is 17.1 Å². The molecule has 1 aliphatic rings. The molecule has 0 aromatic carbocycles. The molecule has 2 aromatic rings. The molecule has 0 spiro atoms. The topological polar surface area (TPSA) is 152 Å². The molecule has 0 amide bonds. The summed E-state index contributed by atoms with van der Waals surface area (Å²) in [4.78, 5) is 12.2. The molecule has 1 aliphatic heterocycles. The summed E-state index contributed by atoms with van der Waals surface area (Å²) < 4.78 is 24.4. The third kappa shape index (κ3) is 2.51. The predicted octanol–water partition coefficient (Wildman–Crippen LogP) is -1.34. The molecule has 4 atom stereocenters. The van der Waals surface area contributed by atoms with Crippen LogP contribution in [0.5, 0.6) is 5.88 Å². The first-order valence-corrected chi connectivity index (χ1v) is 7.73. The number of aliphatic hydroxyl groups is 5. The first-order valence-electron chi connectivity index (χ1n) is 7.73. The fourth-order valence-electron chi connectivity index (χ4n) is 3.07. The Morgan fingerprint density at radius 3 is 2.76 bits per heavy atom. The second-order valence-electron chi connectivity index (χ2n) is 6.17. The molecule has 6 N–H and O–H groups in total. The van der Waals surface area contributed by atoms with Gasteiger partial charge in [-0.25, -0.2) is 13.9 Å². The fraction of sp³-hybridized carbons (Fsp3) is 0.643. The molecule has 0 aliphatic carbocycles. The van der Waals surface area contributed by atoms with E-state index in [9.17, 15) is 19.7 Å². The maximum atomic E-state index is 13.5. The van der Waals surface area contributed by atoms with Crippen molar-refractivity contribution in [3.05, 3.63) is 6.33 Å². The molecule has 1 saturated heterocycles. The van der Waals surface area contributed by atoms with E-state index in [0.717, 1.165) is 0 Å². The number of nitrogens with zero attached hydrogens (tertiary/aromatic N) is 4. The Labute approximate surface area is 142 Å². The number of anilines is 1. The molecule has 3 heterocycles. The standard InChI is InChI=1S/C14H20FN5O5/c1-3-24-9-7-8(18-12(16)19-9)20(6-17-7)11-13(2,23)10(22)14(4-15,5-21)25-11/h6,10-11,21-23H,3-5H2,1-2H3,(H2,16,18,19)/p+1/t10-,11+,13+,14+/m0/s1. The number of alkyl halides is 1. The Morgan fingerprint density at radius 2 is 2.20 bits per heavy atom. The Bertz CT molecular complexity index is 778. The lowest BCUT2D eigenvalue weighted by Gasteiger charge is -2.24. The van der Waals surface area contributed by atoms with Crippen molar-refractivity contribution in [3.63, 3.8) is 0 Å². The summed E-state index contributed by atoms with van der Waals surface area (Å²) in [6, 6.07) is 0. The third-order valence-electron chi connectivity index (χ3n) is 4.42. The van der Waals surface area contributed by atoms with Crippen molar-refractivity contribution in [3.8, 4) is 5.88 Å². The van der Waals surface area contributed by atoms with Crippen LogP contribution in [0.25, 0.3) is 11.2 Å². The smallest absolute Gasteiger partial charge is 0.273 e. The Balaban J connectivity index is 2.13. The average molecular weight is 358 g/mol. The van der Waals surface area contributed by atoms with E-state index in [1.165, 1.54) is 17.8 Å². The minimum atomic E-state index is -1.87. The van der Waals surface area contributed by atoms with Crippen LogP contribution in [0.4, 0.5) is 10.3 Å². The summed E-state index contributed by atoms with van der Waals surface area (Å²) in [5.41, 5.74) is 2.50. The Morgan fingerprint density at radius 1 is 1.48 bits per heavy atom. The van der Waals surface area contributed by atoms with Gasteiger partial charge in [0.1, 0.15) is 12.9 Å². The normalized spacial score (nSPS) is 32.4. The second-order valence-corrected chi connectivity index (χ2v) is 6.17. The van der Waals surface area contributed by atoms with Crippen LogP contribution in [-0.4, -0.2) is 76.8 Å². The van der Waals surface area contributed by atoms with Crippen LogP contribution in [0, 0.1) is 0 Å². The van der Waals surface area contributed by atoms with Gasteiger partial charge in [0.15, 0.2) is 29.5 Å². The van der Waals surface area contributed by atoms with Crippen LogP contribution in [0.15, 0.2) is 6.33 Å². The van der Waals surface area contributed by atoms with E-state index in [1.807, 2.05) is 0 Å². The number of aliphatic hydroxyl groups excluding tert-OH is 2. The molecule has 11 heteroatoms. The molecule has 0 saturated carbocycles. The molecule has 0 unspecified atom stereocenters. The Kier molecular flexibility index (Phi) is 4.27. The molecule has 3 rings (SSSR count). The van der Waals surface area contributed by atoms with E-state index in [-0.39, 0.29) is 17.5 Å². The highest BCUT2D eigenvalue weighted by atomic mass is 19.1. The van der Waals surface area contributed by atoms with Crippen LogP contribution < -0.4 is 10.5 Å². The highest BCUT2D eigenvalue weighted by Gasteiger charge is 2.67. The van der Waals surface area contributed by atoms with Crippen LogP contribution in [0.3, 0.4) is 0 Å². The van der Waals surface area contributed by atoms with Crippen LogP contribution >= 0.6 is 0 Å². The summed E-state index contributed by atoms with van der Waals surface area (Å²) in [6.07, 6.45) is -1.44. The van der Waals surface area contributed by atoms with E-state index in [4.69, 9.17) is 10.5 Å². The number of hydrogen-bond donors (Lipinski definition) is 4. The van der Waals surface area contributed by atoms with E-state index >= 15 is 0 Å². The maximum absolute atomic E-state index is 13.5. The Hall–Kier alpha value is -2.08. The average Bonchev–Trinajstić information content (AvgIpc) is 3.07. The van der Waals surface area contributed by atoms with Gasteiger partial charge in [-0.3, -0.25) is 0 Å². The van der Waals surface area contributed by atoms with E-state index in [1.54, 1.807) is 6.92 Å². The van der Waals surface area contributed by atoms with Gasteiger partial charge in [0.25, 0.3) is 6.23 Å². The molecule has 0 bridgehead atoms. The number of ether oxygens (including phenoxy) is 2. The van der Waals surface area contributed by atoms with E-state index in [0.29, 0.717) is 12.1 Å². The monoisotopic (exact) mass is 358 g/mol. The van der Waals surface area contributed by atoms with Gasteiger partial charge >= 0.3 is 0 Å². The van der Waals surface area contributed by atoms with Gasteiger partial charge in [-0.2, -0.15) is 9.97 Å². The van der Waals surface area contributed by atoms with Gasteiger partial charge in [-0.1, -0.05) is 0 Å². The molecule has 1 fully saturated rings. The molecule has 10 nitrogen and oxygen atoms in total. The van der Waals surface area contributed by atoms with E-state index < -0.39 is 36.8 Å². The van der Waals surface area contributed by atoms with Crippen molar-refractivity contribution in [1.29, 1.82) is 0 Å². The van der Waals surface area contributed by atoms with Crippen LogP contribution in [0.1, 0.15) is 20.1 Å². The van der Waals surface area contributed by atoms with Gasteiger partial charge in [0, 0.05) is 0 Å². The van der Waals surface area contributed by atoms with Gasteiger partial charge in [0.2, 0.25) is 17.4 Å². The lowest BCUT2D eigenvalue weighted by molar-refractivity contribution is -0.254. The number of imidazole rings is 1. The van der Waals surface area contributed by atoms with E-state index in [2.05, 4.69) is 19.7 Å². The van der Waals surface area contributed by atoms with Crippen molar-refractivity contribution in [2.45, 2.75) is 37.4 Å². The quantitative estimate of drug-likeness (QED) is 0.479. The van der Waals surface area contributed by atoms with Gasteiger partial charge < -0.3 is 30.5 Å². The van der Waals surface area contributed by atoms with Crippen LogP contribution in [0.2, 0.25) is 0 Å². The van der Waals surface area contributed by atoms with Crippen molar-refractivity contribution < 1.29 is 29.2 Å². The summed E-state index contributed by atoms with van der Waals surface area (Å²) in [7, 11) is 0. The number of fused-ring (bicyclic) bond motifs is 1. The second kappa shape index (κ2) is 6.02. The van der Waals surface area contributed by atoms with Crippen LogP contribution in [-0.2, 0) is 0 Å². The number of aromatic nitrogens is 4. The highest BCUT2D eigenvalue weighted by Crippen LogP contribution is 2.43. The zero-order valence-corrected chi connectivity index (χ0v) is 13.8. The largest absolute Gasteiger partial charge is 0.476 e. The molecule has 138 valence electrons. The molecular weight excluding hydrogens is 337 g/mol. The molecule has 25 heavy (non-hydrogen) atoms. The number of rotatable bonds is 5. The zero-order valence-electron chi connectivity index (χ0n) is 13.8. The number of nitrogens with two attached hydrogens (primary N) is 1. The van der Waals surface area contributed by atoms with Gasteiger partial charge in [-0.05, 0) is 13.8 Å². The molecule has 0 radical (unpaired) electrons. The van der Waals surface area contributed by atoms with Gasteiger partial charge in [0.05, 0.1) is 6.61 Å². The van der Waals surface area contributed by atoms with Crippen molar-refractivity contribution in [1.82, 2.24) is 19.5 Å². The summed E-state index contributed by atoms with van der Waals surface area (Å²) in [5.74, 6) is 0.0932. The van der Waals surface area contributed by atoms with Crippen molar-refractivity contribution in [2.75, 3.05) is 25.6 Å². The molecular formula is C14H21FN5O5+. The number of halogens is 1. The zero-order chi connectivity index (χ0) is 18.4.